The van der Waals surface area contributed by atoms with Gasteiger partial charge >= 0.3 is 0 Å². The van der Waals surface area contributed by atoms with Crippen LogP contribution in [0.25, 0.3) is 0 Å². The fourth-order valence-corrected chi connectivity index (χ4v) is 3.36. The van der Waals surface area contributed by atoms with E-state index in [-0.39, 0.29) is 5.28 Å². The van der Waals surface area contributed by atoms with Crippen molar-refractivity contribution in [2.24, 2.45) is 0 Å². The molecule has 0 saturated heterocycles. The van der Waals surface area contributed by atoms with Crippen molar-refractivity contribution in [2.75, 3.05) is 0 Å². The minimum Gasteiger partial charge on any atom is -0.251 e. The van der Waals surface area contributed by atoms with Crippen LogP contribution in [0.1, 0.15) is 5.56 Å². The number of halogens is 2. The average molecular weight is 293 g/mol. The van der Waals surface area contributed by atoms with Crippen molar-refractivity contribution in [1.29, 1.82) is 0 Å². The van der Waals surface area contributed by atoms with Gasteiger partial charge in [0.2, 0.25) is 9.62 Å². The van der Waals surface area contributed by atoms with Crippen molar-refractivity contribution in [1.82, 2.24) is 9.36 Å². The third-order valence-electron chi connectivity index (χ3n) is 1.76. The zero-order chi connectivity index (χ0) is 11.5. The molecule has 0 amide bonds. The summed E-state index contributed by atoms with van der Waals surface area (Å²) in [4.78, 5) is 3.87. The molecule has 1 heterocycles. The number of aromatic nitrogens is 2. The highest BCUT2D eigenvalue weighted by Gasteiger charge is 2.10. The van der Waals surface area contributed by atoms with Gasteiger partial charge in [-0.2, -0.15) is 9.36 Å². The molecule has 0 aliphatic carbocycles. The fraction of sp³-hybridized carbons (Fsp3) is 0.111. The van der Waals surface area contributed by atoms with E-state index in [9.17, 15) is 4.21 Å². The van der Waals surface area contributed by atoms with Gasteiger partial charge in [0.05, 0.1) is 16.6 Å². The molecular weight excluding hydrogens is 287 g/mol. The maximum absolute atomic E-state index is 11.9. The Hall–Kier alpha value is -0.490. The second-order valence-corrected chi connectivity index (χ2v) is 6.10. The predicted molar refractivity (Wildman–Crippen MR) is 66.5 cm³/mol. The number of nitrogens with zero attached hydrogens (tertiary/aromatic N) is 2. The summed E-state index contributed by atoms with van der Waals surface area (Å²) in [6.07, 6.45) is 0. The summed E-state index contributed by atoms with van der Waals surface area (Å²) in [5, 5.41) is 0.768. The van der Waals surface area contributed by atoms with E-state index in [1.807, 2.05) is 12.1 Å². The van der Waals surface area contributed by atoms with E-state index in [4.69, 9.17) is 23.2 Å². The maximum Gasteiger partial charge on any atom is 0.235 e. The number of rotatable bonds is 3. The van der Waals surface area contributed by atoms with Gasteiger partial charge in [-0.25, -0.2) is 0 Å². The zero-order valence-electron chi connectivity index (χ0n) is 7.89. The van der Waals surface area contributed by atoms with Crippen LogP contribution in [0, 0.1) is 0 Å². The molecule has 84 valence electrons. The van der Waals surface area contributed by atoms with E-state index in [2.05, 4.69) is 9.36 Å². The van der Waals surface area contributed by atoms with Crippen molar-refractivity contribution in [3.05, 3.63) is 40.1 Å². The normalized spacial score (nSPS) is 12.6. The Morgan fingerprint density at radius 1 is 1.38 bits per heavy atom. The van der Waals surface area contributed by atoms with Crippen LogP contribution >= 0.6 is 34.7 Å². The number of hydrogen-bond donors (Lipinski definition) is 0. The highest BCUT2D eigenvalue weighted by Crippen LogP contribution is 2.18. The van der Waals surface area contributed by atoms with Gasteiger partial charge < -0.3 is 0 Å². The highest BCUT2D eigenvalue weighted by molar-refractivity contribution is 7.86. The SMILES string of the molecule is O=S(Cc1cccc(Cl)c1)c1nc(Cl)ns1. The Bertz CT molecular complexity index is 530. The van der Waals surface area contributed by atoms with Gasteiger partial charge in [-0.1, -0.05) is 23.7 Å². The van der Waals surface area contributed by atoms with Crippen LogP contribution in [0.3, 0.4) is 0 Å². The van der Waals surface area contributed by atoms with Gasteiger partial charge in [-0.15, -0.1) is 0 Å². The van der Waals surface area contributed by atoms with Gasteiger partial charge in [0.15, 0.2) is 0 Å². The summed E-state index contributed by atoms with van der Waals surface area (Å²) < 4.78 is 16.1. The molecule has 7 heteroatoms. The van der Waals surface area contributed by atoms with E-state index in [0.717, 1.165) is 17.1 Å². The van der Waals surface area contributed by atoms with Crippen molar-refractivity contribution in [3.63, 3.8) is 0 Å². The highest BCUT2D eigenvalue weighted by atomic mass is 35.5. The monoisotopic (exact) mass is 292 g/mol. The molecule has 2 rings (SSSR count). The lowest BCUT2D eigenvalue weighted by atomic mass is 10.2. The molecule has 0 bridgehead atoms. The number of hydrogen-bond acceptors (Lipinski definition) is 4. The number of benzene rings is 1. The third-order valence-corrected chi connectivity index (χ3v) is 4.64. The van der Waals surface area contributed by atoms with Gasteiger partial charge in [-0.05, 0) is 40.8 Å². The molecule has 2 aromatic rings. The first kappa shape index (κ1) is 12.0. The first-order valence-corrected chi connectivity index (χ1v) is 7.12. The maximum atomic E-state index is 11.9. The molecule has 0 aliphatic rings. The minimum absolute atomic E-state index is 0.138. The molecule has 0 N–H and O–H groups in total. The molecule has 1 aromatic heterocycles. The fourth-order valence-electron chi connectivity index (χ4n) is 1.13. The molecule has 0 saturated carbocycles. The summed E-state index contributed by atoms with van der Waals surface area (Å²) in [7, 11) is -1.22. The van der Waals surface area contributed by atoms with Gasteiger partial charge in [0, 0.05) is 5.02 Å². The summed E-state index contributed by atoms with van der Waals surface area (Å²) >= 11 is 12.5. The van der Waals surface area contributed by atoms with Gasteiger partial charge in [0.1, 0.15) is 0 Å². The van der Waals surface area contributed by atoms with E-state index in [1.165, 1.54) is 0 Å². The third kappa shape index (κ3) is 3.01. The molecule has 0 spiro atoms. The van der Waals surface area contributed by atoms with E-state index in [0.29, 0.717) is 15.1 Å². The lowest BCUT2D eigenvalue weighted by Gasteiger charge is -1.99. The van der Waals surface area contributed by atoms with Crippen LogP contribution in [0.2, 0.25) is 10.3 Å². The second-order valence-electron chi connectivity index (χ2n) is 2.95. The van der Waals surface area contributed by atoms with Crippen molar-refractivity contribution in [2.45, 2.75) is 10.1 Å². The molecule has 0 fully saturated rings. The summed E-state index contributed by atoms with van der Waals surface area (Å²) in [5.41, 5.74) is 0.900. The van der Waals surface area contributed by atoms with Crippen LogP contribution in [0.4, 0.5) is 0 Å². The summed E-state index contributed by atoms with van der Waals surface area (Å²) in [5.74, 6) is 0.367. The van der Waals surface area contributed by atoms with Crippen molar-refractivity contribution in [3.8, 4) is 0 Å². The quantitative estimate of drug-likeness (QED) is 0.873. The van der Waals surface area contributed by atoms with Crippen molar-refractivity contribution < 1.29 is 4.21 Å². The topological polar surface area (TPSA) is 42.9 Å². The van der Waals surface area contributed by atoms with Crippen LogP contribution in [0.15, 0.2) is 28.6 Å². The first-order valence-electron chi connectivity index (χ1n) is 4.27. The van der Waals surface area contributed by atoms with E-state index >= 15 is 0 Å². The molecule has 0 aliphatic heterocycles. The Kier molecular flexibility index (Phi) is 3.91. The predicted octanol–water partition coefficient (Wildman–Crippen LogP) is 3.15. The summed E-state index contributed by atoms with van der Waals surface area (Å²) in [6.45, 7) is 0. The van der Waals surface area contributed by atoms with Gasteiger partial charge in [0.25, 0.3) is 0 Å². The molecule has 1 atom stereocenters. The first-order chi connectivity index (χ1) is 7.65. The van der Waals surface area contributed by atoms with Crippen molar-refractivity contribution >= 4 is 45.5 Å². The Balaban J connectivity index is 2.13. The zero-order valence-corrected chi connectivity index (χ0v) is 11.0. The molecule has 1 aromatic carbocycles. The lowest BCUT2D eigenvalue weighted by molar-refractivity contribution is 0.682. The van der Waals surface area contributed by atoms with Gasteiger partial charge in [-0.3, -0.25) is 4.21 Å². The Morgan fingerprint density at radius 2 is 2.19 bits per heavy atom. The Morgan fingerprint density at radius 3 is 2.81 bits per heavy atom. The average Bonchev–Trinajstić information content (AvgIpc) is 2.65. The lowest BCUT2D eigenvalue weighted by Crippen LogP contribution is -1.95. The van der Waals surface area contributed by atoms with Crippen LogP contribution in [-0.4, -0.2) is 13.6 Å². The van der Waals surface area contributed by atoms with Crippen LogP contribution in [0.5, 0.6) is 0 Å². The molecule has 16 heavy (non-hydrogen) atoms. The largest absolute Gasteiger partial charge is 0.251 e. The minimum atomic E-state index is -1.22. The van der Waals surface area contributed by atoms with Crippen LogP contribution in [-0.2, 0) is 16.6 Å². The second kappa shape index (κ2) is 5.23. The van der Waals surface area contributed by atoms with Crippen LogP contribution < -0.4 is 0 Å². The molecule has 1 unspecified atom stereocenters. The van der Waals surface area contributed by atoms with E-state index < -0.39 is 10.8 Å². The van der Waals surface area contributed by atoms with E-state index in [1.54, 1.807) is 12.1 Å². The molecular formula is C9H6Cl2N2OS2. The summed E-state index contributed by atoms with van der Waals surface area (Å²) in [6, 6.07) is 7.24. The standard InChI is InChI=1S/C9H6Cl2N2OS2/c10-7-3-1-2-6(4-7)5-16(14)9-12-8(11)13-15-9/h1-4H,5H2. The smallest absolute Gasteiger partial charge is 0.235 e. The molecule has 0 radical (unpaired) electrons. The molecule has 3 nitrogen and oxygen atoms in total. The Labute approximate surface area is 109 Å².